The normalized spacial score (nSPS) is 16.1. The third-order valence-corrected chi connectivity index (χ3v) is 3.59. The van der Waals surface area contributed by atoms with Crippen LogP contribution in [0.4, 0.5) is 0 Å². The van der Waals surface area contributed by atoms with Gasteiger partial charge in [0.1, 0.15) is 11.5 Å². The van der Waals surface area contributed by atoms with Crippen LogP contribution in [0, 0.1) is 6.92 Å². The van der Waals surface area contributed by atoms with Gasteiger partial charge in [-0.05, 0) is 36.6 Å². The monoisotopic (exact) mass is 270 g/mol. The van der Waals surface area contributed by atoms with E-state index in [4.69, 9.17) is 4.52 Å². The number of hydrogen-bond acceptors (Lipinski definition) is 4. The van der Waals surface area contributed by atoms with Crippen LogP contribution in [-0.4, -0.2) is 28.3 Å². The average Bonchev–Trinajstić information content (AvgIpc) is 2.86. The fraction of sp³-hybridized carbons (Fsp3) is 0.312. The minimum Gasteiger partial charge on any atom is -0.508 e. The molecule has 0 fully saturated rings. The standard InChI is InChI=1S/C16H18N2O2/c1-12-10-15(17-20-12)11-18-8-6-14(7-9-18)13-2-4-16(19)5-3-13/h2-6,10,19H,7-9,11H2,1H3. The van der Waals surface area contributed by atoms with E-state index >= 15 is 0 Å². The molecule has 0 bridgehead atoms. The van der Waals surface area contributed by atoms with Gasteiger partial charge in [0.15, 0.2) is 0 Å². The van der Waals surface area contributed by atoms with Crippen LogP contribution in [0.3, 0.4) is 0 Å². The first-order valence-corrected chi connectivity index (χ1v) is 6.84. The molecule has 0 spiro atoms. The Hall–Kier alpha value is -2.07. The van der Waals surface area contributed by atoms with E-state index in [1.54, 1.807) is 12.1 Å². The van der Waals surface area contributed by atoms with Crippen molar-refractivity contribution in [1.82, 2.24) is 10.1 Å². The van der Waals surface area contributed by atoms with Crippen molar-refractivity contribution in [2.75, 3.05) is 13.1 Å². The molecule has 4 heteroatoms. The highest BCUT2D eigenvalue weighted by Gasteiger charge is 2.14. The lowest BCUT2D eigenvalue weighted by atomic mass is 9.99. The van der Waals surface area contributed by atoms with Crippen LogP contribution in [0.25, 0.3) is 5.57 Å². The summed E-state index contributed by atoms with van der Waals surface area (Å²) in [6.07, 6.45) is 3.27. The number of rotatable bonds is 3. The highest BCUT2D eigenvalue weighted by atomic mass is 16.5. The fourth-order valence-electron chi connectivity index (χ4n) is 2.51. The first kappa shape index (κ1) is 12.9. The lowest BCUT2D eigenvalue weighted by Crippen LogP contribution is -2.28. The SMILES string of the molecule is Cc1cc(CN2CC=C(c3ccc(O)cc3)CC2)no1. The van der Waals surface area contributed by atoms with Crippen LogP contribution in [0.5, 0.6) is 5.75 Å². The van der Waals surface area contributed by atoms with Gasteiger partial charge in [-0.3, -0.25) is 4.90 Å². The molecule has 1 aromatic heterocycles. The second kappa shape index (κ2) is 5.51. The Kier molecular flexibility index (Phi) is 3.56. The molecule has 1 aliphatic heterocycles. The van der Waals surface area contributed by atoms with Gasteiger partial charge in [0.05, 0.1) is 5.69 Å². The number of phenolic OH excluding ortho intramolecular Hbond substituents is 1. The Bertz CT molecular complexity index is 614. The summed E-state index contributed by atoms with van der Waals surface area (Å²) in [5.74, 6) is 1.17. The zero-order valence-electron chi connectivity index (χ0n) is 11.5. The van der Waals surface area contributed by atoms with Crippen LogP contribution in [0.1, 0.15) is 23.4 Å². The zero-order valence-corrected chi connectivity index (χ0v) is 11.5. The molecular weight excluding hydrogens is 252 g/mol. The quantitative estimate of drug-likeness (QED) is 0.931. The van der Waals surface area contributed by atoms with Gasteiger partial charge in [0.2, 0.25) is 0 Å². The maximum Gasteiger partial charge on any atom is 0.133 e. The molecule has 0 amide bonds. The Morgan fingerprint density at radius 2 is 2.10 bits per heavy atom. The highest BCUT2D eigenvalue weighted by molar-refractivity contribution is 5.67. The molecule has 20 heavy (non-hydrogen) atoms. The Labute approximate surface area is 118 Å². The van der Waals surface area contributed by atoms with Crippen molar-refractivity contribution in [1.29, 1.82) is 0 Å². The Morgan fingerprint density at radius 3 is 2.70 bits per heavy atom. The maximum atomic E-state index is 9.32. The molecule has 0 unspecified atom stereocenters. The van der Waals surface area contributed by atoms with Crippen molar-refractivity contribution < 1.29 is 9.63 Å². The number of aryl methyl sites for hydroxylation is 1. The molecule has 104 valence electrons. The average molecular weight is 270 g/mol. The van der Waals surface area contributed by atoms with E-state index in [-0.39, 0.29) is 0 Å². The molecule has 1 N–H and O–H groups in total. The molecule has 4 nitrogen and oxygen atoms in total. The van der Waals surface area contributed by atoms with Gasteiger partial charge in [-0.1, -0.05) is 23.4 Å². The van der Waals surface area contributed by atoms with Gasteiger partial charge in [0, 0.05) is 25.7 Å². The van der Waals surface area contributed by atoms with E-state index in [1.807, 2.05) is 25.1 Å². The van der Waals surface area contributed by atoms with E-state index in [1.165, 1.54) is 11.1 Å². The summed E-state index contributed by atoms with van der Waals surface area (Å²) in [6, 6.07) is 9.40. The van der Waals surface area contributed by atoms with E-state index in [0.717, 1.165) is 37.5 Å². The molecule has 0 saturated heterocycles. The molecule has 0 aliphatic carbocycles. The van der Waals surface area contributed by atoms with Gasteiger partial charge < -0.3 is 9.63 Å². The number of benzene rings is 1. The highest BCUT2D eigenvalue weighted by Crippen LogP contribution is 2.24. The van der Waals surface area contributed by atoms with Crippen molar-refractivity contribution in [3.8, 4) is 5.75 Å². The predicted octanol–water partition coefficient (Wildman–Crippen LogP) is 2.98. The Balaban J connectivity index is 1.64. The molecule has 1 aromatic carbocycles. The topological polar surface area (TPSA) is 49.5 Å². The van der Waals surface area contributed by atoms with Gasteiger partial charge >= 0.3 is 0 Å². The van der Waals surface area contributed by atoms with Gasteiger partial charge in [-0.2, -0.15) is 0 Å². The summed E-state index contributed by atoms with van der Waals surface area (Å²) in [7, 11) is 0. The number of phenols is 1. The third kappa shape index (κ3) is 2.91. The fourth-order valence-corrected chi connectivity index (χ4v) is 2.51. The lowest BCUT2D eigenvalue weighted by Gasteiger charge is -2.25. The summed E-state index contributed by atoms with van der Waals surface area (Å²) >= 11 is 0. The first-order valence-electron chi connectivity index (χ1n) is 6.84. The summed E-state index contributed by atoms with van der Waals surface area (Å²) in [4.78, 5) is 2.35. The molecule has 1 aliphatic rings. The van der Waals surface area contributed by atoms with Gasteiger partial charge in [-0.25, -0.2) is 0 Å². The molecule has 0 atom stereocenters. The molecule has 2 heterocycles. The minimum atomic E-state index is 0.313. The van der Waals surface area contributed by atoms with Crippen LogP contribution < -0.4 is 0 Å². The number of nitrogens with zero attached hydrogens (tertiary/aromatic N) is 2. The second-order valence-corrected chi connectivity index (χ2v) is 5.19. The maximum absolute atomic E-state index is 9.32. The number of aromatic hydroxyl groups is 1. The van der Waals surface area contributed by atoms with Crippen LogP contribution in [-0.2, 0) is 6.54 Å². The van der Waals surface area contributed by atoms with Crippen molar-refractivity contribution >= 4 is 5.57 Å². The molecular formula is C16H18N2O2. The zero-order chi connectivity index (χ0) is 13.9. The summed E-state index contributed by atoms with van der Waals surface area (Å²) in [5.41, 5.74) is 3.53. The largest absolute Gasteiger partial charge is 0.508 e. The van der Waals surface area contributed by atoms with Crippen molar-refractivity contribution in [3.63, 3.8) is 0 Å². The summed E-state index contributed by atoms with van der Waals surface area (Å²) in [5, 5.41) is 13.4. The van der Waals surface area contributed by atoms with Crippen molar-refractivity contribution in [3.05, 3.63) is 53.4 Å². The third-order valence-electron chi connectivity index (χ3n) is 3.59. The van der Waals surface area contributed by atoms with E-state index in [9.17, 15) is 5.11 Å². The van der Waals surface area contributed by atoms with E-state index in [0.29, 0.717) is 5.75 Å². The van der Waals surface area contributed by atoms with Gasteiger partial charge in [-0.15, -0.1) is 0 Å². The number of aromatic nitrogens is 1. The summed E-state index contributed by atoms with van der Waals surface area (Å²) in [6.45, 7) is 4.67. The summed E-state index contributed by atoms with van der Waals surface area (Å²) < 4.78 is 5.09. The minimum absolute atomic E-state index is 0.313. The van der Waals surface area contributed by atoms with Crippen LogP contribution in [0.2, 0.25) is 0 Å². The first-order chi connectivity index (χ1) is 9.70. The lowest BCUT2D eigenvalue weighted by molar-refractivity contribution is 0.281. The Morgan fingerprint density at radius 1 is 1.30 bits per heavy atom. The molecule has 2 aromatic rings. The van der Waals surface area contributed by atoms with E-state index in [2.05, 4.69) is 16.1 Å². The predicted molar refractivity (Wildman–Crippen MR) is 77.2 cm³/mol. The van der Waals surface area contributed by atoms with Crippen molar-refractivity contribution in [2.24, 2.45) is 0 Å². The smallest absolute Gasteiger partial charge is 0.133 e. The number of hydrogen-bond donors (Lipinski definition) is 1. The van der Waals surface area contributed by atoms with Crippen molar-refractivity contribution in [2.45, 2.75) is 19.9 Å². The molecule has 0 saturated carbocycles. The van der Waals surface area contributed by atoms with Crippen LogP contribution in [0.15, 0.2) is 40.9 Å². The molecule has 3 rings (SSSR count). The van der Waals surface area contributed by atoms with Gasteiger partial charge in [0.25, 0.3) is 0 Å². The van der Waals surface area contributed by atoms with Crippen LogP contribution >= 0.6 is 0 Å². The molecule has 0 radical (unpaired) electrons. The van der Waals surface area contributed by atoms with E-state index < -0.39 is 0 Å². The second-order valence-electron chi connectivity index (χ2n) is 5.19.